The van der Waals surface area contributed by atoms with Crippen LogP contribution < -0.4 is 81.9 Å². The van der Waals surface area contributed by atoms with E-state index in [0.717, 1.165) is 21.5 Å². The first-order valence-corrected chi connectivity index (χ1v) is 17.2. The molecule has 0 amide bonds. The Labute approximate surface area is 344 Å². The van der Waals surface area contributed by atoms with E-state index in [1.54, 1.807) is 0 Å². The van der Waals surface area contributed by atoms with Crippen molar-refractivity contribution in [1.29, 1.82) is 0 Å². The van der Waals surface area contributed by atoms with Gasteiger partial charge in [0.2, 0.25) is 0 Å². The molecule has 0 atom stereocenters. The van der Waals surface area contributed by atoms with Gasteiger partial charge in [-0.3, -0.25) is 0 Å². The molecule has 56 heavy (non-hydrogen) atoms. The number of fused-ring (bicyclic) bond motifs is 7. The first-order valence-electron chi connectivity index (χ1n) is 17.2. The molecule has 8 aromatic carbocycles. The SMILES string of the molecule is [B]c1c([B])c([B])c2c(-c3c4c([B])c([B])c([B])c([B])c4c(-c4ccc5c(c4)oc4cc6ccccc6cc45)c4c([B])c([B])c([B])c([B])c34)c([B])c([B])c([B])c2c1[B]. The number of furan rings is 1. The summed E-state index contributed by atoms with van der Waals surface area (Å²) in [6.45, 7) is 0. The Kier molecular flexibility index (Phi) is 8.49. The average molecular weight is 668 g/mol. The van der Waals surface area contributed by atoms with Gasteiger partial charge in [0, 0.05) is 10.8 Å². The van der Waals surface area contributed by atoms with Gasteiger partial charge in [-0.05, 0) is 89.6 Å². The predicted molar refractivity (Wildman–Crippen MR) is 255 cm³/mol. The third-order valence-corrected chi connectivity index (χ3v) is 11.2. The van der Waals surface area contributed by atoms with Gasteiger partial charge in [-0.1, -0.05) is 74.0 Å². The topological polar surface area (TPSA) is 13.1 Å². The van der Waals surface area contributed by atoms with E-state index < -0.39 is 0 Å². The molecule has 9 aromatic rings. The van der Waals surface area contributed by atoms with Gasteiger partial charge in [-0.25, -0.2) is 0 Å². The Morgan fingerprint density at radius 1 is 0.286 bits per heavy atom. The molecule has 0 saturated heterocycles. The van der Waals surface area contributed by atoms with E-state index in [9.17, 15) is 0 Å². The van der Waals surface area contributed by atoms with E-state index in [-0.39, 0.29) is 115 Å². The van der Waals surface area contributed by atoms with Crippen molar-refractivity contribution < 1.29 is 4.42 Å². The summed E-state index contributed by atoms with van der Waals surface area (Å²) in [6, 6.07) is 17.8. The van der Waals surface area contributed by atoms with Gasteiger partial charge in [0.05, 0.1) is 0 Å². The van der Waals surface area contributed by atoms with Crippen LogP contribution in [-0.4, -0.2) is 118 Å². The molecule has 0 fully saturated rings. The van der Waals surface area contributed by atoms with Gasteiger partial charge >= 0.3 is 0 Å². The zero-order valence-corrected chi connectivity index (χ0v) is 29.8. The number of hydrogen-bond acceptors (Lipinski definition) is 1. The molecule has 0 aliphatic rings. The number of benzene rings is 8. The summed E-state index contributed by atoms with van der Waals surface area (Å²) in [6.07, 6.45) is 0. The predicted octanol–water partition coefficient (Wildman–Crippen LogP) is -6.56. The van der Waals surface area contributed by atoms with E-state index in [4.69, 9.17) is 122 Å². The molecule has 0 aliphatic carbocycles. The van der Waals surface area contributed by atoms with Crippen LogP contribution in [0.2, 0.25) is 0 Å². The number of hydrogen-bond donors (Lipinski definition) is 0. The molecule has 16 heteroatoms. The van der Waals surface area contributed by atoms with Crippen molar-refractivity contribution in [3.63, 3.8) is 0 Å². The van der Waals surface area contributed by atoms with Crippen molar-refractivity contribution >= 4 is 265 Å². The molecule has 0 unspecified atom stereocenters. The normalized spacial score (nSPS) is 11.9. The first-order chi connectivity index (χ1) is 26.6. The molecule has 1 aromatic heterocycles. The van der Waals surface area contributed by atoms with Crippen LogP contribution in [0.4, 0.5) is 0 Å². The van der Waals surface area contributed by atoms with Gasteiger partial charge in [0.25, 0.3) is 0 Å². The van der Waals surface area contributed by atoms with Crippen LogP contribution in [0.25, 0.3) is 87.3 Å². The molecule has 1 nitrogen and oxygen atoms in total. The average Bonchev–Trinajstić information content (AvgIpc) is 3.55. The second-order valence-electron chi connectivity index (χ2n) is 14.1. The molecule has 0 saturated carbocycles. The smallest absolute Gasteiger partial charge is 0.136 e. The largest absolute Gasteiger partial charge is 0.456 e. The van der Waals surface area contributed by atoms with Crippen molar-refractivity contribution in [2.45, 2.75) is 0 Å². The zero-order chi connectivity index (χ0) is 40.0. The van der Waals surface area contributed by atoms with Gasteiger partial charge < -0.3 is 4.42 Å². The Morgan fingerprint density at radius 2 is 0.661 bits per heavy atom. The van der Waals surface area contributed by atoms with Gasteiger partial charge in [-0.2, -0.15) is 0 Å². The summed E-state index contributed by atoms with van der Waals surface area (Å²) in [5.41, 5.74) is 2.82. The Bertz CT molecular complexity index is 3220. The quantitative estimate of drug-likeness (QED) is 0.132. The molecule has 0 spiro atoms. The standard InChI is InChI=1S/C40H9B15O/c41-26-19-17(12-5-6-13-14-7-10-3-1-2-4-11(10)8-16(14)56-15(13)9-12)20-22(30(45)38(53)36(51)27(20)42)18(21(19)29(44)37(52)35(26)50)23-24-25(32(47)34(49)28(23)43)33(48)40(55)39(54)31(24)46/h1-9H. The van der Waals surface area contributed by atoms with E-state index in [0.29, 0.717) is 33.1 Å². The Balaban J connectivity index is 1.56. The maximum Gasteiger partial charge on any atom is 0.136 e. The molecular formula is C40H9B15O. The van der Waals surface area contributed by atoms with Crippen molar-refractivity contribution in [2.24, 2.45) is 0 Å². The fraction of sp³-hybridized carbons (Fsp3) is 0. The summed E-state index contributed by atoms with van der Waals surface area (Å²) >= 11 is 0. The van der Waals surface area contributed by atoms with Crippen LogP contribution in [0.15, 0.2) is 59.0 Å². The Morgan fingerprint density at radius 3 is 1.14 bits per heavy atom. The molecule has 1 heterocycles. The lowest BCUT2D eigenvalue weighted by Gasteiger charge is -2.31. The lowest BCUT2D eigenvalue weighted by atomic mass is 9.56. The second-order valence-corrected chi connectivity index (χ2v) is 14.1. The lowest BCUT2D eigenvalue weighted by Crippen LogP contribution is -2.53. The summed E-state index contributed by atoms with van der Waals surface area (Å²) < 4.78 is 6.48. The van der Waals surface area contributed by atoms with Gasteiger partial charge in [-0.15, -0.1) is 38.2 Å². The summed E-state index contributed by atoms with van der Waals surface area (Å²) in [4.78, 5) is 0. The van der Waals surface area contributed by atoms with Crippen molar-refractivity contribution in [3.8, 4) is 22.3 Å². The minimum absolute atomic E-state index is 0.00149. The molecule has 220 valence electrons. The fourth-order valence-electron chi connectivity index (χ4n) is 8.28. The van der Waals surface area contributed by atoms with Gasteiger partial charge in [0.1, 0.15) is 129 Å². The van der Waals surface area contributed by atoms with Crippen molar-refractivity contribution in [1.82, 2.24) is 0 Å². The second kappa shape index (κ2) is 12.8. The van der Waals surface area contributed by atoms with Crippen LogP contribution in [0.1, 0.15) is 0 Å². The highest BCUT2D eigenvalue weighted by atomic mass is 16.3. The van der Waals surface area contributed by atoms with Gasteiger partial charge in [0.15, 0.2) is 0 Å². The monoisotopic (exact) mass is 670 g/mol. The minimum atomic E-state index is -0.0407. The maximum atomic E-state index is 6.99. The van der Waals surface area contributed by atoms with Crippen LogP contribution in [-0.2, 0) is 0 Å². The highest BCUT2D eigenvalue weighted by molar-refractivity contribution is 6.75. The lowest BCUT2D eigenvalue weighted by molar-refractivity contribution is 0.669. The van der Waals surface area contributed by atoms with Crippen LogP contribution in [0.3, 0.4) is 0 Å². The highest BCUT2D eigenvalue weighted by Gasteiger charge is 2.28. The van der Waals surface area contributed by atoms with E-state index in [1.807, 2.05) is 48.5 Å². The zero-order valence-electron chi connectivity index (χ0n) is 29.8. The molecule has 0 bridgehead atoms. The summed E-state index contributed by atoms with van der Waals surface area (Å²) in [7, 11) is 101. The van der Waals surface area contributed by atoms with Crippen LogP contribution in [0.5, 0.6) is 0 Å². The van der Waals surface area contributed by atoms with E-state index in [1.165, 1.54) is 0 Å². The summed E-state index contributed by atoms with van der Waals surface area (Å²) in [5.74, 6) is 0. The first kappa shape index (κ1) is 37.2. The maximum absolute atomic E-state index is 6.99. The molecule has 9 rings (SSSR count). The highest BCUT2D eigenvalue weighted by Crippen LogP contribution is 2.43. The van der Waals surface area contributed by atoms with E-state index >= 15 is 0 Å². The van der Waals surface area contributed by atoms with Crippen molar-refractivity contribution in [2.75, 3.05) is 0 Å². The molecule has 0 aliphatic heterocycles. The van der Waals surface area contributed by atoms with Crippen LogP contribution >= 0.6 is 0 Å². The van der Waals surface area contributed by atoms with Crippen LogP contribution in [0, 0.1) is 0 Å². The number of rotatable bonds is 2. The summed E-state index contributed by atoms with van der Waals surface area (Å²) in [5, 5.41) is 5.45. The third-order valence-electron chi connectivity index (χ3n) is 11.2. The fourth-order valence-corrected chi connectivity index (χ4v) is 8.28. The van der Waals surface area contributed by atoms with E-state index in [2.05, 4.69) is 6.07 Å². The Hall–Kier alpha value is -4.43. The third kappa shape index (κ3) is 4.83. The van der Waals surface area contributed by atoms with Crippen molar-refractivity contribution in [3.05, 3.63) is 54.6 Å². The molecular weight excluding hydrogens is 659 g/mol. The molecule has 0 N–H and O–H groups in total. The minimum Gasteiger partial charge on any atom is -0.456 e. The molecule has 30 radical (unpaired) electrons.